The SMILES string of the molecule is COc1ccnc(C)c1CC(=O)O. The summed E-state index contributed by atoms with van der Waals surface area (Å²) >= 11 is 0. The third-order valence-corrected chi connectivity index (χ3v) is 1.78. The molecule has 13 heavy (non-hydrogen) atoms. The van der Waals surface area contributed by atoms with Crippen LogP contribution in [0.4, 0.5) is 0 Å². The minimum absolute atomic E-state index is 0.0527. The number of aromatic nitrogens is 1. The first kappa shape index (κ1) is 9.51. The molecule has 0 radical (unpaired) electrons. The molecule has 0 spiro atoms. The molecule has 1 N–H and O–H groups in total. The quantitative estimate of drug-likeness (QED) is 0.756. The number of carbonyl (C=O) groups is 1. The number of carboxylic acids is 1. The number of aliphatic carboxylic acids is 1. The van der Waals surface area contributed by atoms with E-state index in [0.29, 0.717) is 17.0 Å². The van der Waals surface area contributed by atoms with Gasteiger partial charge in [-0.15, -0.1) is 0 Å². The Bertz CT molecular complexity index is 323. The van der Waals surface area contributed by atoms with Gasteiger partial charge < -0.3 is 9.84 Å². The van der Waals surface area contributed by atoms with E-state index < -0.39 is 5.97 Å². The van der Waals surface area contributed by atoms with Gasteiger partial charge in [-0.3, -0.25) is 9.78 Å². The normalized spacial score (nSPS) is 9.69. The van der Waals surface area contributed by atoms with E-state index in [0.717, 1.165) is 0 Å². The fraction of sp³-hybridized carbons (Fsp3) is 0.333. The van der Waals surface area contributed by atoms with Gasteiger partial charge in [0, 0.05) is 17.5 Å². The molecular weight excluding hydrogens is 170 g/mol. The van der Waals surface area contributed by atoms with Crippen molar-refractivity contribution >= 4 is 5.97 Å². The third kappa shape index (κ3) is 2.18. The summed E-state index contributed by atoms with van der Waals surface area (Å²) in [6.45, 7) is 1.76. The number of rotatable bonds is 3. The zero-order chi connectivity index (χ0) is 9.84. The van der Waals surface area contributed by atoms with Gasteiger partial charge in [-0.25, -0.2) is 0 Å². The Hall–Kier alpha value is -1.58. The Morgan fingerprint density at radius 3 is 2.92 bits per heavy atom. The second-order valence-corrected chi connectivity index (χ2v) is 2.65. The first-order chi connectivity index (χ1) is 6.15. The molecule has 1 heterocycles. The predicted octanol–water partition coefficient (Wildman–Crippen LogP) is 1.03. The van der Waals surface area contributed by atoms with E-state index in [2.05, 4.69) is 4.98 Å². The number of methoxy groups -OCH3 is 1. The third-order valence-electron chi connectivity index (χ3n) is 1.78. The average Bonchev–Trinajstić information content (AvgIpc) is 2.08. The van der Waals surface area contributed by atoms with E-state index in [1.54, 1.807) is 19.2 Å². The van der Waals surface area contributed by atoms with Crippen LogP contribution in [-0.2, 0) is 11.2 Å². The standard InChI is InChI=1S/C9H11NO3/c1-6-7(5-9(11)12)8(13-2)3-4-10-6/h3-4H,5H2,1-2H3,(H,11,12). The summed E-state index contributed by atoms with van der Waals surface area (Å²) in [7, 11) is 1.51. The highest BCUT2D eigenvalue weighted by Gasteiger charge is 2.10. The molecule has 0 aromatic carbocycles. The first-order valence-corrected chi connectivity index (χ1v) is 3.85. The molecular formula is C9H11NO3. The van der Waals surface area contributed by atoms with E-state index in [1.165, 1.54) is 7.11 Å². The summed E-state index contributed by atoms with van der Waals surface area (Å²) in [5, 5.41) is 8.63. The molecule has 0 aliphatic rings. The van der Waals surface area contributed by atoms with Gasteiger partial charge in [0.25, 0.3) is 0 Å². The Morgan fingerprint density at radius 1 is 1.69 bits per heavy atom. The highest BCUT2D eigenvalue weighted by Crippen LogP contribution is 2.19. The van der Waals surface area contributed by atoms with Crippen molar-refractivity contribution in [2.45, 2.75) is 13.3 Å². The highest BCUT2D eigenvalue weighted by atomic mass is 16.5. The second kappa shape index (κ2) is 3.89. The molecule has 4 heteroatoms. The molecule has 4 nitrogen and oxygen atoms in total. The highest BCUT2D eigenvalue weighted by molar-refractivity contribution is 5.71. The van der Waals surface area contributed by atoms with Crippen molar-refractivity contribution in [2.75, 3.05) is 7.11 Å². The number of aryl methyl sites for hydroxylation is 1. The molecule has 1 rings (SSSR count). The minimum Gasteiger partial charge on any atom is -0.496 e. The summed E-state index contributed by atoms with van der Waals surface area (Å²) in [6.07, 6.45) is 1.54. The van der Waals surface area contributed by atoms with E-state index in [1.807, 2.05) is 0 Å². The summed E-state index contributed by atoms with van der Waals surface area (Å²) in [5.41, 5.74) is 1.33. The molecule has 0 saturated carbocycles. The monoisotopic (exact) mass is 181 g/mol. The smallest absolute Gasteiger partial charge is 0.308 e. The van der Waals surface area contributed by atoms with Gasteiger partial charge in [0.05, 0.1) is 13.5 Å². The number of hydrogen-bond donors (Lipinski definition) is 1. The van der Waals surface area contributed by atoms with Gasteiger partial charge in [0.1, 0.15) is 5.75 Å². The summed E-state index contributed by atoms with van der Waals surface area (Å²) in [4.78, 5) is 14.5. The van der Waals surface area contributed by atoms with Crippen molar-refractivity contribution in [1.82, 2.24) is 4.98 Å². The molecule has 0 saturated heterocycles. The zero-order valence-electron chi connectivity index (χ0n) is 7.57. The van der Waals surface area contributed by atoms with Crippen LogP contribution in [0.3, 0.4) is 0 Å². The van der Waals surface area contributed by atoms with Crippen LogP contribution < -0.4 is 4.74 Å². The maximum Gasteiger partial charge on any atom is 0.308 e. The largest absolute Gasteiger partial charge is 0.496 e. The van der Waals surface area contributed by atoms with Gasteiger partial charge in [-0.2, -0.15) is 0 Å². The van der Waals surface area contributed by atoms with Gasteiger partial charge in [-0.1, -0.05) is 0 Å². The maximum absolute atomic E-state index is 10.5. The molecule has 0 aliphatic carbocycles. The maximum atomic E-state index is 10.5. The Labute approximate surface area is 76.2 Å². The van der Waals surface area contributed by atoms with Crippen molar-refractivity contribution in [3.05, 3.63) is 23.5 Å². The number of nitrogens with zero attached hydrogens (tertiary/aromatic N) is 1. The lowest BCUT2D eigenvalue weighted by Crippen LogP contribution is -2.05. The predicted molar refractivity (Wildman–Crippen MR) is 46.9 cm³/mol. The van der Waals surface area contributed by atoms with Crippen LogP contribution in [0.15, 0.2) is 12.3 Å². The van der Waals surface area contributed by atoms with Crippen molar-refractivity contribution in [3.8, 4) is 5.75 Å². The molecule has 0 aliphatic heterocycles. The molecule has 0 amide bonds. The van der Waals surface area contributed by atoms with Gasteiger partial charge in [0.15, 0.2) is 0 Å². The Kier molecular flexibility index (Phi) is 2.84. The fourth-order valence-corrected chi connectivity index (χ4v) is 1.13. The van der Waals surface area contributed by atoms with E-state index in [9.17, 15) is 4.79 Å². The number of hydrogen-bond acceptors (Lipinski definition) is 3. The van der Waals surface area contributed by atoms with Crippen molar-refractivity contribution in [1.29, 1.82) is 0 Å². The minimum atomic E-state index is -0.880. The van der Waals surface area contributed by atoms with Crippen LogP contribution in [0.1, 0.15) is 11.3 Å². The number of carboxylic acid groups (broad SMARTS) is 1. The molecule has 0 atom stereocenters. The van der Waals surface area contributed by atoms with Gasteiger partial charge in [0.2, 0.25) is 0 Å². The van der Waals surface area contributed by atoms with Gasteiger partial charge >= 0.3 is 5.97 Å². The molecule has 0 unspecified atom stereocenters. The second-order valence-electron chi connectivity index (χ2n) is 2.65. The summed E-state index contributed by atoms with van der Waals surface area (Å²) in [5.74, 6) is -0.302. The topological polar surface area (TPSA) is 59.4 Å². The molecule has 0 fully saturated rings. The fourth-order valence-electron chi connectivity index (χ4n) is 1.13. The van der Waals surface area contributed by atoms with E-state index >= 15 is 0 Å². The lowest BCUT2D eigenvalue weighted by Gasteiger charge is -2.07. The summed E-state index contributed by atoms with van der Waals surface area (Å²) < 4.78 is 5.02. The van der Waals surface area contributed by atoms with Crippen LogP contribution in [-0.4, -0.2) is 23.2 Å². The lowest BCUT2D eigenvalue weighted by atomic mass is 10.1. The van der Waals surface area contributed by atoms with Crippen molar-refractivity contribution in [3.63, 3.8) is 0 Å². The number of ether oxygens (including phenoxy) is 1. The van der Waals surface area contributed by atoms with Crippen LogP contribution in [0.2, 0.25) is 0 Å². The summed E-state index contributed by atoms with van der Waals surface area (Å²) in [6, 6.07) is 1.66. The molecule has 1 aromatic heterocycles. The molecule has 70 valence electrons. The first-order valence-electron chi connectivity index (χ1n) is 3.85. The van der Waals surface area contributed by atoms with Crippen LogP contribution in [0, 0.1) is 6.92 Å². The molecule has 0 bridgehead atoms. The Balaban J connectivity index is 3.07. The van der Waals surface area contributed by atoms with Crippen molar-refractivity contribution < 1.29 is 14.6 Å². The van der Waals surface area contributed by atoms with Crippen LogP contribution in [0.25, 0.3) is 0 Å². The van der Waals surface area contributed by atoms with Gasteiger partial charge in [-0.05, 0) is 13.0 Å². The lowest BCUT2D eigenvalue weighted by molar-refractivity contribution is -0.136. The number of pyridine rings is 1. The van der Waals surface area contributed by atoms with E-state index in [4.69, 9.17) is 9.84 Å². The van der Waals surface area contributed by atoms with Crippen LogP contribution in [0.5, 0.6) is 5.75 Å². The zero-order valence-corrected chi connectivity index (χ0v) is 7.57. The van der Waals surface area contributed by atoms with Crippen LogP contribution >= 0.6 is 0 Å². The van der Waals surface area contributed by atoms with Crippen molar-refractivity contribution in [2.24, 2.45) is 0 Å². The molecule has 1 aromatic rings. The Morgan fingerprint density at radius 2 is 2.38 bits per heavy atom. The van der Waals surface area contributed by atoms with E-state index in [-0.39, 0.29) is 6.42 Å². The average molecular weight is 181 g/mol.